The van der Waals surface area contributed by atoms with E-state index in [9.17, 15) is 9.59 Å². The Labute approximate surface area is 200 Å². The highest BCUT2D eigenvalue weighted by Gasteiger charge is 2.20. The lowest BCUT2D eigenvalue weighted by molar-refractivity contribution is 0.0951. The number of methoxy groups -OCH3 is 1. The molecule has 0 radical (unpaired) electrons. The molecule has 3 aromatic carbocycles. The minimum Gasteiger partial charge on any atom is -0.495 e. The van der Waals surface area contributed by atoms with Gasteiger partial charge >= 0.3 is 6.03 Å². The van der Waals surface area contributed by atoms with Gasteiger partial charge in [-0.2, -0.15) is 0 Å². The van der Waals surface area contributed by atoms with E-state index in [0.29, 0.717) is 29.2 Å². The second-order valence-electron chi connectivity index (χ2n) is 8.23. The monoisotopic (exact) mass is 458 g/mol. The van der Waals surface area contributed by atoms with Gasteiger partial charge in [-0.25, -0.2) is 4.79 Å². The summed E-state index contributed by atoms with van der Waals surface area (Å²) in [6.45, 7) is 2.27. The lowest BCUT2D eigenvalue weighted by Crippen LogP contribution is -2.33. The SMILES string of the molecule is COc1ccccc1NC(=O)Nc1ccc(N2CCCCC2)c(C(=O)NCc2ccccc2)c1. The fourth-order valence-electron chi connectivity index (χ4n) is 4.11. The number of carbonyl (C=O) groups is 2. The first kappa shape index (κ1) is 23.2. The van der Waals surface area contributed by atoms with Crippen molar-refractivity contribution in [3.8, 4) is 5.75 Å². The molecule has 4 rings (SSSR count). The van der Waals surface area contributed by atoms with E-state index in [1.165, 1.54) is 6.42 Å². The zero-order valence-electron chi connectivity index (χ0n) is 19.3. The molecule has 0 spiro atoms. The Kier molecular flexibility index (Phi) is 7.65. The van der Waals surface area contributed by atoms with E-state index in [2.05, 4.69) is 20.9 Å². The van der Waals surface area contributed by atoms with Gasteiger partial charge in [-0.1, -0.05) is 42.5 Å². The van der Waals surface area contributed by atoms with E-state index < -0.39 is 6.03 Å². The first-order valence-electron chi connectivity index (χ1n) is 11.6. The average Bonchev–Trinajstić information content (AvgIpc) is 2.88. The van der Waals surface area contributed by atoms with E-state index in [1.54, 1.807) is 25.3 Å². The summed E-state index contributed by atoms with van der Waals surface area (Å²) in [5.41, 5.74) is 3.57. The van der Waals surface area contributed by atoms with Crippen molar-refractivity contribution in [2.75, 3.05) is 35.7 Å². The van der Waals surface area contributed by atoms with E-state index in [4.69, 9.17) is 4.74 Å². The molecule has 0 atom stereocenters. The second-order valence-corrected chi connectivity index (χ2v) is 8.23. The molecule has 7 heteroatoms. The van der Waals surface area contributed by atoms with Crippen LogP contribution in [0.25, 0.3) is 0 Å². The summed E-state index contributed by atoms with van der Waals surface area (Å²) >= 11 is 0. The molecule has 1 aliphatic heterocycles. The number of anilines is 3. The minimum absolute atomic E-state index is 0.168. The van der Waals surface area contributed by atoms with Gasteiger partial charge in [0.2, 0.25) is 0 Å². The van der Waals surface area contributed by atoms with Crippen LogP contribution in [0.1, 0.15) is 35.2 Å². The highest BCUT2D eigenvalue weighted by Crippen LogP contribution is 2.28. The molecule has 0 unspecified atom stereocenters. The van der Waals surface area contributed by atoms with Gasteiger partial charge in [0.15, 0.2) is 0 Å². The summed E-state index contributed by atoms with van der Waals surface area (Å²) in [5.74, 6) is 0.400. The number of hydrogen-bond donors (Lipinski definition) is 3. The molecule has 176 valence electrons. The maximum Gasteiger partial charge on any atom is 0.323 e. The molecule has 1 fully saturated rings. The van der Waals surface area contributed by atoms with Gasteiger partial charge < -0.3 is 25.6 Å². The van der Waals surface area contributed by atoms with Crippen molar-refractivity contribution in [2.45, 2.75) is 25.8 Å². The standard InChI is InChI=1S/C27H30N4O3/c1-34-25-13-7-6-12-23(25)30-27(33)29-21-14-15-24(31-16-8-3-9-17-31)22(18-21)26(32)28-19-20-10-4-2-5-11-20/h2,4-7,10-15,18H,3,8-9,16-17,19H2,1H3,(H,28,32)(H2,29,30,33). The number of benzene rings is 3. The van der Waals surface area contributed by atoms with Crippen molar-refractivity contribution in [3.63, 3.8) is 0 Å². The molecule has 3 aromatic rings. The Balaban J connectivity index is 1.52. The van der Waals surface area contributed by atoms with Crippen LogP contribution in [-0.4, -0.2) is 32.1 Å². The second kappa shape index (κ2) is 11.2. The van der Waals surface area contributed by atoms with Crippen molar-refractivity contribution in [2.24, 2.45) is 0 Å². The summed E-state index contributed by atoms with van der Waals surface area (Å²) in [7, 11) is 1.55. The molecule has 1 aliphatic rings. The van der Waals surface area contributed by atoms with Crippen LogP contribution < -0.4 is 25.6 Å². The van der Waals surface area contributed by atoms with Gasteiger partial charge in [0, 0.05) is 31.0 Å². The van der Waals surface area contributed by atoms with Gasteiger partial charge in [0.05, 0.1) is 18.4 Å². The van der Waals surface area contributed by atoms with E-state index in [0.717, 1.165) is 37.2 Å². The molecule has 34 heavy (non-hydrogen) atoms. The largest absolute Gasteiger partial charge is 0.495 e. The number of nitrogens with one attached hydrogen (secondary N) is 3. The lowest BCUT2D eigenvalue weighted by atomic mass is 10.1. The predicted octanol–water partition coefficient (Wildman–Crippen LogP) is 5.26. The Morgan fingerprint density at radius 1 is 0.882 bits per heavy atom. The molecule has 0 aliphatic carbocycles. The van der Waals surface area contributed by atoms with E-state index in [1.807, 2.05) is 54.6 Å². The number of para-hydroxylation sites is 2. The molecular weight excluding hydrogens is 428 g/mol. The summed E-state index contributed by atoms with van der Waals surface area (Å²) in [4.78, 5) is 28.1. The van der Waals surface area contributed by atoms with Crippen LogP contribution in [0.3, 0.4) is 0 Å². The molecule has 0 bridgehead atoms. The third-order valence-corrected chi connectivity index (χ3v) is 5.85. The maximum absolute atomic E-state index is 13.2. The molecule has 3 N–H and O–H groups in total. The number of urea groups is 1. The number of piperidine rings is 1. The Hall–Kier alpha value is -4.00. The molecule has 0 aromatic heterocycles. The van der Waals surface area contributed by atoms with Crippen molar-refractivity contribution >= 4 is 29.0 Å². The molecule has 1 heterocycles. The highest BCUT2D eigenvalue weighted by molar-refractivity contribution is 6.04. The molecule has 7 nitrogen and oxygen atoms in total. The minimum atomic E-state index is -0.411. The number of hydrogen-bond acceptors (Lipinski definition) is 4. The van der Waals surface area contributed by atoms with Crippen LogP contribution in [0, 0.1) is 0 Å². The van der Waals surface area contributed by atoms with Gasteiger partial charge in [0.25, 0.3) is 5.91 Å². The maximum atomic E-state index is 13.2. The zero-order valence-corrected chi connectivity index (χ0v) is 19.3. The van der Waals surface area contributed by atoms with Gasteiger partial charge in [-0.15, -0.1) is 0 Å². The number of nitrogens with zero attached hydrogens (tertiary/aromatic N) is 1. The van der Waals surface area contributed by atoms with Crippen molar-refractivity contribution in [1.82, 2.24) is 5.32 Å². The van der Waals surface area contributed by atoms with E-state index >= 15 is 0 Å². The number of amides is 3. The number of carbonyl (C=O) groups excluding carboxylic acids is 2. The zero-order chi connectivity index (χ0) is 23.8. The van der Waals surface area contributed by atoms with Crippen molar-refractivity contribution < 1.29 is 14.3 Å². The number of ether oxygens (including phenoxy) is 1. The van der Waals surface area contributed by atoms with Crippen molar-refractivity contribution in [3.05, 3.63) is 83.9 Å². The summed E-state index contributed by atoms with van der Waals surface area (Å²) in [6.07, 6.45) is 3.41. The highest BCUT2D eigenvalue weighted by atomic mass is 16.5. The Bertz CT molecular complexity index is 1130. The predicted molar refractivity (Wildman–Crippen MR) is 136 cm³/mol. The van der Waals surface area contributed by atoms with Gasteiger partial charge in [-0.05, 0) is 55.2 Å². The topological polar surface area (TPSA) is 82.7 Å². The molecule has 3 amide bonds. The Morgan fingerprint density at radius 2 is 1.62 bits per heavy atom. The quantitative estimate of drug-likeness (QED) is 0.451. The van der Waals surface area contributed by atoms with Crippen LogP contribution >= 0.6 is 0 Å². The Morgan fingerprint density at radius 3 is 2.38 bits per heavy atom. The van der Waals surface area contributed by atoms with Gasteiger partial charge in [0.1, 0.15) is 5.75 Å². The smallest absolute Gasteiger partial charge is 0.323 e. The molecule has 0 saturated carbocycles. The third-order valence-electron chi connectivity index (χ3n) is 5.85. The normalized spacial score (nSPS) is 13.1. The van der Waals surface area contributed by atoms with Gasteiger partial charge in [-0.3, -0.25) is 4.79 Å². The van der Waals surface area contributed by atoms with Crippen LogP contribution in [0.5, 0.6) is 5.75 Å². The van der Waals surface area contributed by atoms with Crippen LogP contribution in [0.2, 0.25) is 0 Å². The first-order chi connectivity index (χ1) is 16.6. The summed E-state index contributed by atoms with van der Waals surface area (Å²) in [6, 6.07) is 22.1. The summed E-state index contributed by atoms with van der Waals surface area (Å²) in [5, 5.41) is 8.65. The fourth-order valence-corrected chi connectivity index (χ4v) is 4.11. The summed E-state index contributed by atoms with van der Waals surface area (Å²) < 4.78 is 5.29. The number of rotatable bonds is 7. The van der Waals surface area contributed by atoms with Crippen LogP contribution in [0.4, 0.5) is 21.9 Å². The average molecular weight is 459 g/mol. The first-order valence-corrected chi connectivity index (χ1v) is 11.6. The fraction of sp³-hybridized carbons (Fsp3) is 0.259. The van der Waals surface area contributed by atoms with Crippen LogP contribution in [-0.2, 0) is 6.54 Å². The third kappa shape index (κ3) is 5.86. The molecule has 1 saturated heterocycles. The molecular formula is C27H30N4O3. The van der Waals surface area contributed by atoms with Crippen molar-refractivity contribution in [1.29, 1.82) is 0 Å². The van der Waals surface area contributed by atoms with Crippen LogP contribution in [0.15, 0.2) is 72.8 Å². The van der Waals surface area contributed by atoms with E-state index in [-0.39, 0.29) is 5.91 Å². The lowest BCUT2D eigenvalue weighted by Gasteiger charge is -2.30.